The van der Waals surface area contributed by atoms with E-state index >= 15 is 0 Å². The van der Waals surface area contributed by atoms with Gasteiger partial charge in [0.2, 0.25) is 23.6 Å². The Hall–Kier alpha value is -2.91. The van der Waals surface area contributed by atoms with Gasteiger partial charge in [-0.05, 0) is 82.0 Å². The second-order valence-corrected chi connectivity index (χ2v) is 15.1. The molecular weight excluding hydrogens is 602 g/mol. The second-order valence-electron chi connectivity index (χ2n) is 14.7. The molecule has 0 radical (unpaired) electrons. The van der Waals surface area contributed by atoms with Gasteiger partial charge in [-0.3, -0.25) is 24.1 Å². The summed E-state index contributed by atoms with van der Waals surface area (Å²) in [6.45, 7) is 17.6. The van der Waals surface area contributed by atoms with Crippen molar-refractivity contribution in [2.24, 2.45) is 11.3 Å². The van der Waals surface area contributed by atoms with Crippen LogP contribution in [0.15, 0.2) is 35.9 Å². The minimum atomic E-state index is -0.738. The van der Waals surface area contributed by atoms with Crippen LogP contribution in [-0.2, 0) is 25.7 Å². The van der Waals surface area contributed by atoms with Crippen LogP contribution in [0.5, 0.6) is 0 Å². The fourth-order valence-corrected chi connectivity index (χ4v) is 6.85. The second kappa shape index (κ2) is 16.3. The molecule has 10 heteroatoms. The zero-order valence-corrected chi connectivity index (χ0v) is 30.1. The van der Waals surface area contributed by atoms with Gasteiger partial charge in [0.1, 0.15) is 12.1 Å². The third-order valence-electron chi connectivity index (χ3n) is 9.32. The minimum absolute atomic E-state index is 0.00170. The van der Waals surface area contributed by atoms with Gasteiger partial charge in [0.25, 0.3) is 0 Å². The van der Waals surface area contributed by atoms with E-state index in [0.717, 1.165) is 37.8 Å². The molecule has 1 aromatic carbocycles. The summed E-state index contributed by atoms with van der Waals surface area (Å²) >= 11 is 6.08. The molecule has 2 aliphatic heterocycles. The first-order valence-electron chi connectivity index (χ1n) is 16.9. The van der Waals surface area contributed by atoms with Crippen LogP contribution in [0, 0.1) is 11.3 Å². The van der Waals surface area contributed by atoms with E-state index in [4.69, 9.17) is 11.6 Å². The molecule has 0 spiro atoms. The molecule has 256 valence electrons. The summed E-state index contributed by atoms with van der Waals surface area (Å²) < 4.78 is 0. The summed E-state index contributed by atoms with van der Waals surface area (Å²) in [4.78, 5) is 60.2. The number of likely N-dealkylation sites (N-methyl/N-ethyl adjacent to an activating group) is 1. The van der Waals surface area contributed by atoms with Gasteiger partial charge in [-0.25, -0.2) is 0 Å². The van der Waals surface area contributed by atoms with Crippen LogP contribution >= 0.6 is 11.6 Å². The molecule has 0 bridgehead atoms. The topological polar surface area (TPSA) is 102 Å². The van der Waals surface area contributed by atoms with Crippen molar-refractivity contribution in [1.82, 2.24) is 25.3 Å². The average molecular weight is 658 g/mol. The Morgan fingerprint density at radius 3 is 2.28 bits per heavy atom. The number of piperidine rings is 1. The Balaban J connectivity index is 1.74. The van der Waals surface area contributed by atoms with E-state index in [0.29, 0.717) is 30.1 Å². The van der Waals surface area contributed by atoms with Crippen molar-refractivity contribution in [2.75, 3.05) is 20.1 Å². The summed E-state index contributed by atoms with van der Waals surface area (Å²) in [5, 5.41) is 6.69. The van der Waals surface area contributed by atoms with Crippen molar-refractivity contribution < 1.29 is 19.2 Å². The summed E-state index contributed by atoms with van der Waals surface area (Å²) in [5.74, 6) is -0.699. The van der Waals surface area contributed by atoms with Crippen LogP contribution in [-0.4, -0.2) is 88.7 Å². The molecule has 4 atom stereocenters. The number of rotatable bonds is 11. The highest BCUT2D eigenvalue weighted by molar-refractivity contribution is 6.30. The Morgan fingerprint density at radius 2 is 1.67 bits per heavy atom. The third-order valence-corrected chi connectivity index (χ3v) is 9.55. The Kier molecular flexibility index (Phi) is 13.3. The van der Waals surface area contributed by atoms with E-state index < -0.39 is 23.5 Å². The number of nitrogens with zero attached hydrogens (tertiary/aromatic N) is 3. The molecule has 2 N–H and O–H groups in total. The van der Waals surface area contributed by atoms with Gasteiger partial charge < -0.3 is 20.4 Å². The molecule has 4 amide bonds. The van der Waals surface area contributed by atoms with Crippen LogP contribution in [0.4, 0.5) is 0 Å². The number of likely N-dealkylation sites (tertiary alicyclic amines) is 2. The number of carbonyl (C=O) groups excluding carboxylic acids is 4. The van der Waals surface area contributed by atoms with E-state index in [-0.39, 0.29) is 41.6 Å². The summed E-state index contributed by atoms with van der Waals surface area (Å²) in [6.07, 6.45) is 6.01. The van der Waals surface area contributed by atoms with Gasteiger partial charge in [0.05, 0.1) is 12.1 Å². The van der Waals surface area contributed by atoms with Gasteiger partial charge in [0, 0.05) is 36.8 Å². The predicted molar refractivity (Wildman–Crippen MR) is 184 cm³/mol. The first-order valence-corrected chi connectivity index (χ1v) is 17.2. The minimum Gasteiger partial charge on any atom is -0.350 e. The van der Waals surface area contributed by atoms with E-state index in [1.54, 1.807) is 29.8 Å². The Morgan fingerprint density at radius 1 is 1.00 bits per heavy atom. The highest BCUT2D eigenvalue weighted by atomic mass is 35.5. The molecule has 1 aromatic rings. The monoisotopic (exact) mass is 657 g/mol. The lowest BCUT2D eigenvalue weighted by Crippen LogP contribution is -2.60. The van der Waals surface area contributed by atoms with Crippen molar-refractivity contribution >= 4 is 35.2 Å². The summed E-state index contributed by atoms with van der Waals surface area (Å²) in [7, 11) is 1.75. The Labute approximate surface area is 281 Å². The number of carbonyl (C=O) groups is 4. The van der Waals surface area contributed by atoms with Crippen LogP contribution in [0.3, 0.4) is 0 Å². The van der Waals surface area contributed by atoms with Crippen molar-refractivity contribution in [3.8, 4) is 0 Å². The quantitative estimate of drug-likeness (QED) is 0.320. The first-order chi connectivity index (χ1) is 21.5. The maximum absolute atomic E-state index is 14.1. The lowest BCUT2D eigenvalue weighted by atomic mass is 9.84. The van der Waals surface area contributed by atoms with E-state index in [1.165, 1.54) is 0 Å². The maximum Gasteiger partial charge on any atom is 0.249 e. The van der Waals surface area contributed by atoms with Crippen molar-refractivity contribution in [1.29, 1.82) is 0 Å². The number of hydrogen-bond acceptors (Lipinski definition) is 5. The average Bonchev–Trinajstić information content (AvgIpc) is 3.49. The molecule has 3 rings (SSSR count). The molecule has 2 saturated heterocycles. The molecule has 0 saturated carbocycles. The first kappa shape index (κ1) is 37.5. The van der Waals surface area contributed by atoms with Crippen molar-refractivity contribution in [3.05, 3.63) is 46.5 Å². The molecular formula is C36H56ClN5O4. The zero-order valence-electron chi connectivity index (χ0n) is 29.4. The number of hydrogen-bond donors (Lipinski definition) is 2. The number of halogens is 1. The number of amides is 4. The molecule has 2 heterocycles. The van der Waals surface area contributed by atoms with Gasteiger partial charge in [-0.15, -0.1) is 0 Å². The van der Waals surface area contributed by atoms with Crippen LogP contribution < -0.4 is 10.6 Å². The SMILES string of the molecule is CC(=C[C@H](C(C)C)N(C)C(=O)[C@@H](NC(=O)C1CCCCN1C(C)C)C(C)(C)C)C(=O)N1CCC[C@H]1C(=O)NCc1cccc(Cl)c1. The number of benzene rings is 1. The molecule has 46 heavy (non-hydrogen) atoms. The van der Waals surface area contributed by atoms with Crippen LogP contribution in [0.1, 0.15) is 93.1 Å². The lowest BCUT2D eigenvalue weighted by Gasteiger charge is -2.41. The molecule has 0 aromatic heterocycles. The highest BCUT2D eigenvalue weighted by Crippen LogP contribution is 2.27. The fourth-order valence-electron chi connectivity index (χ4n) is 6.63. The molecule has 2 fully saturated rings. The summed E-state index contributed by atoms with van der Waals surface area (Å²) in [6, 6.07) is 5.62. The standard InChI is InChI=1S/C36H56ClN5O4/c1-23(2)30(40(9)35(46)31(36(6,7)8)39-33(44)29-16-10-11-18-41(29)24(3)4)20-25(5)34(45)42-19-13-17-28(42)32(43)38-22-26-14-12-15-27(37)21-26/h12,14-15,20-21,23-24,28-31H,10-11,13,16-19,22H2,1-9H3,(H,38,43)(H,39,44)/t28-,29?,30+,31+/m0/s1. The fraction of sp³-hybridized carbons (Fsp3) is 0.667. The lowest BCUT2D eigenvalue weighted by molar-refractivity contribution is -0.142. The van der Waals surface area contributed by atoms with E-state index in [2.05, 4.69) is 29.4 Å². The largest absolute Gasteiger partial charge is 0.350 e. The molecule has 9 nitrogen and oxygen atoms in total. The Bertz CT molecular complexity index is 1270. The van der Waals surface area contributed by atoms with E-state index in [1.807, 2.05) is 58.9 Å². The summed E-state index contributed by atoms with van der Waals surface area (Å²) in [5.41, 5.74) is 0.843. The maximum atomic E-state index is 14.1. The van der Waals surface area contributed by atoms with Gasteiger partial charge >= 0.3 is 0 Å². The zero-order chi connectivity index (χ0) is 34.3. The van der Waals surface area contributed by atoms with Crippen LogP contribution in [0.2, 0.25) is 5.02 Å². The smallest absolute Gasteiger partial charge is 0.249 e. The molecule has 1 unspecified atom stereocenters. The molecule has 0 aliphatic carbocycles. The van der Waals surface area contributed by atoms with Crippen LogP contribution in [0.25, 0.3) is 0 Å². The molecule has 2 aliphatic rings. The predicted octanol–water partition coefficient (Wildman–Crippen LogP) is 5.17. The van der Waals surface area contributed by atoms with Crippen molar-refractivity contribution in [3.63, 3.8) is 0 Å². The van der Waals surface area contributed by atoms with Gasteiger partial charge in [-0.2, -0.15) is 0 Å². The van der Waals surface area contributed by atoms with Gasteiger partial charge in [-0.1, -0.05) is 70.8 Å². The third kappa shape index (κ3) is 9.57. The van der Waals surface area contributed by atoms with Gasteiger partial charge in [0.15, 0.2) is 0 Å². The van der Waals surface area contributed by atoms with Crippen molar-refractivity contribution in [2.45, 2.75) is 124 Å². The van der Waals surface area contributed by atoms with E-state index in [9.17, 15) is 19.2 Å². The number of nitrogens with one attached hydrogen (secondary N) is 2. The normalized spacial score (nSPS) is 20.9. The highest BCUT2D eigenvalue weighted by Gasteiger charge is 2.40.